The molecule has 0 saturated heterocycles. The van der Waals surface area contributed by atoms with Gasteiger partial charge < -0.3 is 24.7 Å². The number of ether oxygens (including phenoxy) is 1. The van der Waals surface area contributed by atoms with Gasteiger partial charge in [0.1, 0.15) is 6.04 Å². The number of fused-ring (bicyclic) bond motifs is 1. The van der Waals surface area contributed by atoms with Crippen molar-refractivity contribution < 1.29 is 18.7 Å². The number of aromatic nitrogens is 1. The number of rotatable bonds is 6. The second kappa shape index (κ2) is 7.96. The largest absolute Gasteiger partial charge is 0.467 e. The van der Waals surface area contributed by atoms with Gasteiger partial charge in [-0.25, -0.2) is 9.59 Å². The topological polar surface area (TPSA) is 114 Å². The van der Waals surface area contributed by atoms with E-state index in [1.807, 2.05) is 0 Å². The fourth-order valence-electron chi connectivity index (χ4n) is 2.41. The number of esters is 1. The zero-order valence-electron chi connectivity index (χ0n) is 15.4. The lowest BCUT2D eigenvalue weighted by Crippen LogP contribution is -2.28. The van der Waals surface area contributed by atoms with E-state index in [0.29, 0.717) is 16.8 Å². The fraction of sp³-hybridized carbons (Fsp3) is 0.412. The van der Waals surface area contributed by atoms with E-state index in [1.54, 1.807) is 45.0 Å². The molecule has 2 N–H and O–H groups in total. The minimum atomic E-state index is -0.723. The molecule has 140 valence electrons. The van der Waals surface area contributed by atoms with E-state index in [-0.39, 0.29) is 23.9 Å². The van der Waals surface area contributed by atoms with Gasteiger partial charge in [-0.1, -0.05) is 0 Å². The molecule has 26 heavy (non-hydrogen) atoms. The summed E-state index contributed by atoms with van der Waals surface area (Å²) < 4.78 is 9.76. The molecule has 0 aliphatic carbocycles. The van der Waals surface area contributed by atoms with Crippen LogP contribution >= 0.6 is 0 Å². The molecule has 1 amide bonds. The van der Waals surface area contributed by atoms with Gasteiger partial charge in [0, 0.05) is 5.69 Å². The molecule has 0 fully saturated rings. The fourth-order valence-corrected chi connectivity index (χ4v) is 2.41. The van der Waals surface area contributed by atoms with Gasteiger partial charge in [0.05, 0.1) is 24.6 Å². The van der Waals surface area contributed by atoms with Crippen LogP contribution in [0.5, 0.6) is 0 Å². The first-order valence-corrected chi connectivity index (χ1v) is 7.96. The van der Waals surface area contributed by atoms with Crippen LogP contribution in [-0.4, -0.2) is 55.6 Å². The molecule has 1 aromatic carbocycles. The first-order valence-electron chi connectivity index (χ1n) is 7.96. The summed E-state index contributed by atoms with van der Waals surface area (Å²) in [6, 6.07) is 2.48. The molecule has 0 radical (unpaired) electrons. The standard InChI is InChI=1S/C17H22N4O5/c1-9-11(19-13(22)8-21(3)4)6-7-12-14(9)16(24)26-17(20-12)18-10(2)15(23)25-5/h6-7,10H,8H2,1-5H3,(H,18,20)(H,19,22)/t10-/m0/s1. The third-order valence-corrected chi connectivity index (χ3v) is 3.69. The molecule has 0 aliphatic rings. The number of anilines is 2. The van der Waals surface area contributed by atoms with Crippen LogP contribution in [0.25, 0.3) is 10.9 Å². The molecule has 2 rings (SSSR count). The summed E-state index contributed by atoms with van der Waals surface area (Å²) in [6.07, 6.45) is 0. The summed E-state index contributed by atoms with van der Waals surface area (Å²) >= 11 is 0. The minimum absolute atomic E-state index is 0.0795. The van der Waals surface area contributed by atoms with Crippen molar-refractivity contribution in [1.29, 1.82) is 0 Å². The number of amides is 1. The van der Waals surface area contributed by atoms with E-state index in [9.17, 15) is 14.4 Å². The van der Waals surface area contributed by atoms with Crippen LogP contribution in [0.1, 0.15) is 12.5 Å². The monoisotopic (exact) mass is 362 g/mol. The number of methoxy groups -OCH3 is 1. The number of aryl methyl sites for hydroxylation is 1. The highest BCUT2D eigenvalue weighted by Gasteiger charge is 2.17. The van der Waals surface area contributed by atoms with Gasteiger partial charge in [-0.05, 0) is 45.6 Å². The number of nitrogens with one attached hydrogen (secondary N) is 2. The predicted molar refractivity (Wildman–Crippen MR) is 97.3 cm³/mol. The van der Waals surface area contributed by atoms with Crippen LogP contribution in [0.3, 0.4) is 0 Å². The highest BCUT2D eigenvalue weighted by atomic mass is 16.5. The normalized spacial score (nSPS) is 12.1. The third-order valence-electron chi connectivity index (χ3n) is 3.69. The van der Waals surface area contributed by atoms with Gasteiger partial charge in [-0.3, -0.25) is 4.79 Å². The van der Waals surface area contributed by atoms with Crippen molar-refractivity contribution in [1.82, 2.24) is 9.88 Å². The zero-order valence-corrected chi connectivity index (χ0v) is 15.4. The summed E-state index contributed by atoms with van der Waals surface area (Å²) in [7, 11) is 4.84. The third kappa shape index (κ3) is 4.37. The SMILES string of the molecule is COC(=O)[C@H](C)Nc1nc2ccc(NC(=O)CN(C)C)c(C)c2c(=O)o1. The molecule has 0 aliphatic heterocycles. The average Bonchev–Trinajstić information content (AvgIpc) is 2.55. The Hall–Kier alpha value is -2.94. The smallest absolute Gasteiger partial charge is 0.348 e. The van der Waals surface area contributed by atoms with Gasteiger partial charge in [-0.15, -0.1) is 0 Å². The molecule has 1 heterocycles. The van der Waals surface area contributed by atoms with E-state index in [2.05, 4.69) is 20.4 Å². The van der Waals surface area contributed by atoms with Crippen molar-refractivity contribution in [2.45, 2.75) is 19.9 Å². The van der Waals surface area contributed by atoms with Crippen molar-refractivity contribution in [3.8, 4) is 0 Å². The minimum Gasteiger partial charge on any atom is -0.467 e. The summed E-state index contributed by atoms with van der Waals surface area (Å²) in [5.41, 5.74) is 0.852. The van der Waals surface area contributed by atoms with Gasteiger partial charge >= 0.3 is 11.6 Å². The molecule has 1 atom stereocenters. The number of benzene rings is 1. The molecule has 1 aromatic heterocycles. The zero-order chi connectivity index (χ0) is 19.4. The van der Waals surface area contributed by atoms with E-state index in [4.69, 9.17) is 4.42 Å². The Morgan fingerprint density at radius 3 is 2.65 bits per heavy atom. The van der Waals surface area contributed by atoms with Crippen LogP contribution in [0, 0.1) is 6.92 Å². The van der Waals surface area contributed by atoms with Crippen LogP contribution in [0.15, 0.2) is 21.3 Å². The maximum atomic E-state index is 12.4. The predicted octanol–water partition coefficient (Wildman–Crippen LogP) is 0.970. The molecule has 0 saturated carbocycles. The van der Waals surface area contributed by atoms with Crippen molar-refractivity contribution in [3.63, 3.8) is 0 Å². The van der Waals surface area contributed by atoms with E-state index in [1.165, 1.54) is 7.11 Å². The Labute approximate surface area is 150 Å². The number of nitrogens with zero attached hydrogens (tertiary/aromatic N) is 2. The van der Waals surface area contributed by atoms with Crippen LogP contribution in [-0.2, 0) is 14.3 Å². The number of likely N-dealkylation sites (N-methyl/N-ethyl adjacent to an activating group) is 1. The molecular weight excluding hydrogens is 340 g/mol. The summed E-state index contributed by atoms with van der Waals surface area (Å²) in [5.74, 6) is -0.704. The van der Waals surface area contributed by atoms with E-state index < -0.39 is 17.6 Å². The average molecular weight is 362 g/mol. The Kier molecular flexibility index (Phi) is 5.93. The summed E-state index contributed by atoms with van der Waals surface area (Å²) in [5, 5.41) is 5.72. The van der Waals surface area contributed by atoms with E-state index in [0.717, 1.165) is 0 Å². The van der Waals surface area contributed by atoms with Crippen LogP contribution < -0.4 is 16.3 Å². The summed E-state index contributed by atoms with van der Waals surface area (Å²) in [6.45, 7) is 3.49. The first kappa shape index (κ1) is 19.4. The Morgan fingerprint density at radius 2 is 2.04 bits per heavy atom. The van der Waals surface area contributed by atoms with Gasteiger partial charge in [0.2, 0.25) is 5.91 Å². The Bertz CT molecular complexity index is 891. The van der Waals surface area contributed by atoms with Crippen molar-refractivity contribution in [3.05, 3.63) is 28.1 Å². The van der Waals surface area contributed by atoms with Gasteiger partial charge in [0.25, 0.3) is 6.01 Å². The molecule has 0 spiro atoms. The molecule has 2 aromatic rings. The number of hydrogen-bond acceptors (Lipinski definition) is 8. The Balaban J connectivity index is 2.35. The lowest BCUT2D eigenvalue weighted by Gasteiger charge is -2.14. The van der Waals surface area contributed by atoms with Crippen molar-refractivity contribution >= 4 is 34.5 Å². The van der Waals surface area contributed by atoms with Crippen molar-refractivity contribution in [2.24, 2.45) is 0 Å². The molecule has 0 bridgehead atoms. The second-order valence-electron chi connectivity index (χ2n) is 6.11. The van der Waals surface area contributed by atoms with Crippen LogP contribution in [0.4, 0.5) is 11.7 Å². The highest BCUT2D eigenvalue weighted by Crippen LogP contribution is 2.23. The first-order chi connectivity index (χ1) is 12.2. The Morgan fingerprint density at radius 1 is 1.35 bits per heavy atom. The maximum Gasteiger partial charge on any atom is 0.348 e. The molecular formula is C17H22N4O5. The van der Waals surface area contributed by atoms with E-state index >= 15 is 0 Å². The number of carbonyl (C=O) groups excluding carboxylic acids is 2. The highest BCUT2D eigenvalue weighted by molar-refractivity contribution is 5.96. The lowest BCUT2D eigenvalue weighted by molar-refractivity contribution is -0.141. The summed E-state index contributed by atoms with van der Waals surface area (Å²) in [4.78, 5) is 41.7. The van der Waals surface area contributed by atoms with Gasteiger partial charge in [0.15, 0.2) is 0 Å². The number of hydrogen-bond donors (Lipinski definition) is 2. The second-order valence-corrected chi connectivity index (χ2v) is 6.11. The van der Waals surface area contributed by atoms with Gasteiger partial charge in [-0.2, -0.15) is 4.98 Å². The molecule has 9 nitrogen and oxygen atoms in total. The van der Waals surface area contributed by atoms with Crippen LogP contribution in [0.2, 0.25) is 0 Å². The molecule has 0 unspecified atom stereocenters. The number of carbonyl (C=O) groups is 2. The van der Waals surface area contributed by atoms with Crippen molar-refractivity contribution in [2.75, 3.05) is 38.4 Å². The molecule has 9 heteroatoms. The maximum absolute atomic E-state index is 12.4. The quantitative estimate of drug-likeness (QED) is 0.731. The lowest BCUT2D eigenvalue weighted by atomic mass is 10.1.